The Morgan fingerprint density at radius 2 is 1.72 bits per heavy atom. The number of halogens is 1. The van der Waals surface area contributed by atoms with Gasteiger partial charge in [0.1, 0.15) is 23.6 Å². The van der Waals surface area contributed by atoms with Gasteiger partial charge in [-0.3, -0.25) is 14.5 Å². The number of ether oxygens (including phenoxy) is 1. The molecule has 4 amide bonds. The van der Waals surface area contributed by atoms with Crippen LogP contribution in [0.4, 0.5) is 10.5 Å². The van der Waals surface area contributed by atoms with E-state index in [0.29, 0.717) is 48.6 Å². The van der Waals surface area contributed by atoms with E-state index < -0.39 is 12.1 Å². The molecule has 1 saturated heterocycles. The summed E-state index contributed by atoms with van der Waals surface area (Å²) in [6.45, 7) is 4.46. The average Bonchev–Trinajstić information content (AvgIpc) is 3.22. The first-order chi connectivity index (χ1) is 17.3. The van der Waals surface area contributed by atoms with Crippen LogP contribution in [0.5, 0.6) is 5.75 Å². The molecule has 190 valence electrons. The predicted molar refractivity (Wildman–Crippen MR) is 139 cm³/mol. The molecule has 2 atom stereocenters. The molecular weight excluding hydrogens is 528 g/mol. The molecule has 10 heteroatoms. The Morgan fingerprint density at radius 1 is 1.06 bits per heavy atom. The standard InChI is InChI=1S/C26H29BrN4O5/c1-3-13-30-23-22(25(34)31(14-4-2)26(30)35)29-21(24(23)33)16-5-11-19(12-6-16)36-15-20(32)28-18-9-7-17(27)8-10-18/h5-12,22-23,29,33H,3-4,13-15H2,1-2H3,(H,28,32). The lowest BCUT2D eigenvalue weighted by Gasteiger charge is -2.41. The fourth-order valence-corrected chi connectivity index (χ4v) is 4.67. The van der Waals surface area contributed by atoms with Crippen LogP contribution in [-0.2, 0) is 9.59 Å². The molecule has 2 aromatic rings. The highest BCUT2D eigenvalue weighted by Gasteiger charge is 2.52. The van der Waals surface area contributed by atoms with Gasteiger partial charge >= 0.3 is 6.03 Å². The number of rotatable bonds is 9. The van der Waals surface area contributed by atoms with Gasteiger partial charge in [-0.15, -0.1) is 0 Å². The summed E-state index contributed by atoms with van der Waals surface area (Å²) in [5, 5.41) is 17.0. The van der Waals surface area contributed by atoms with E-state index in [-0.39, 0.29) is 30.2 Å². The lowest BCUT2D eigenvalue weighted by Crippen LogP contribution is -2.66. The highest BCUT2D eigenvalue weighted by Crippen LogP contribution is 2.34. The van der Waals surface area contributed by atoms with Crippen LogP contribution in [0.25, 0.3) is 5.70 Å². The monoisotopic (exact) mass is 556 g/mol. The molecule has 0 radical (unpaired) electrons. The molecule has 0 aliphatic carbocycles. The van der Waals surface area contributed by atoms with Crippen molar-refractivity contribution in [3.05, 3.63) is 64.3 Å². The third-order valence-electron chi connectivity index (χ3n) is 6.05. The second-order valence-electron chi connectivity index (χ2n) is 8.66. The van der Waals surface area contributed by atoms with E-state index in [1.807, 2.05) is 26.0 Å². The third-order valence-corrected chi connectivity index (χ3v) is 6.58. The first-order valence-corrected chi connectivity index (χ1v) is 12.7. The molecule has 2 aromatic carbocycles. The van der Waals surface area contributed by atoms with Gasteiger partial charge in [-0.05, 0) is 61.4 Å². The zero-order valence-corrected chi connectivity index (χ0v) is 21.7. The predicted octanol–water partition coefficient (Wildman–Crippen LogP) is 4.12. The Morgan fingerprint density at radius 3 is 2.36 bits per heavy atom. The van der Waals surface area contributed by atoms with Crippen molar-refractivity contribution in [1.82, 2.24) is 15.1 Å². The smallest absolute Gasteiger partial charge is 0.327 e. The number of carbonyl (C=O) groups is 3. The van der Waals surface area contributed by atoms with Crippen LogP contribution in [0.2, 0.25) is 0 Å². The van der Waals surface area contributed by atoms with Crippen molar-refractivity contribution >= 4 is 45.2 Å². The Hall–Kier alpha value is -3.53. The van der Waals surface area contributed by atoms with Gasteiger partial charge in [0.2, 0.25) is 0 Å². The SMILES string of the molecule is CCCN1C(=O)C2NC(c3ccc(OCC(=O)Nc4ccc(Br)cc4)cc3)=C(O)C2N(CCC)C1=O. The average molecular weight is 557 g/mol. The Balaban J connectivity index is 1.44. The van der Waals surface area contributed by atoms with E-state index in [2.05, 4.69) is 26.6 Å². The topological polar surface area (TPSA) is 111 Å². The number of nitrogens with zero attached hydrogens (tertiary/aromatic N) is 2. The third kappa shape index (κ3) is 5.18. The Bertz CT molecular complexity index is 1170. The van der Waals surface area contributed by atoms with Gasteiger partial charge in [-0.2, -0.15) is 0 Å². The zero-order valence-electron chi connectivity index (χ0n) is 20.2. The van der Waals surface area contributed by atoms with Crippen LogP contribution < -0.4 is 15.4 Å². The molecule has 0 saturated carbocycles. The van der Waals surface area contributed by atoms with Crippen LogP contribution in [0, 0.1) is 0 Å². The first kappa shape index (κ1) is 25.6. The molecular formula is C26H29BrN4O5. The number of urea groups is 1. The maximum atomic E-state index is 13.0. The molecule has 4 rings (SSSR count). The zero-order chi connectivity index (χ0) is 25.8. The van der Waals surface area contributed by atoms with Gasteiger partial charge in [0.25, 0.3) is 11.8 Å². The second kappa shape index (κ2) is 11.0. The number of benzene rings is 2. The number of aliphatic hydroxyl groups is 1. The molecule has 0 spiro atoms. The number of imide groups is 1. The number of hydrogen-bond acceptors (Lipinski definition) is 6. The summed E-state index contributed by atoms with van der Waals surface area (Å²) in [6, 6.07) is 12.2. The number of amides is 4. The number of aliphatic hydroxyl groups excluding tert-OH is 1. The number of anilines is 1. The number of hydrogen-bond donors (Lipinski definition) is 3. The lowest BCUT2D eigenvalue weighted by molar-refractivity contribution is -0.134. The minimum Gasteiger partial charge on any atom is -0.508 e. The van der Waals surface area contributed by atoms with Crippen LogP contribution >= 0.6 is 15.9 Å². The van der Waals surface area contributed by atoms with E-state index in [1.165, 1.54) is 4.90 Å². The van der Waals surface area contributed by atoms with E-state index >= 15 is 0 Å². The summed E-state index contributed by atoms with van der Waals surface area (Å²) in [5.74, 6) is -0.182. The summed E-state index contributed by atoms with van der Waals surface area (Å²) >= 11 is 3.35. The summed E-state index contributed by atoms with van der Waals surface area (Å²) in [6.07, 6.45) is 1.36. The summed E-state index contributed by atoms with van der Waals surface area (Å²) in [4.78, 5) is 41.0. The molecule has 3 N–H and O–H groups in total. The maximum absolute atomic E-state index is 13.0. The molecule has 2 aliphatic rings. The highest BCUT2D eigenvalue weighted by atomic mass is 79.9. The molecule has 0 bridgehead atoms. The van der Waals surface area contributed by atoms with Gasteiger partial charge in [-0.1, -0.05) is 29.8 Å². The molecule has 36 heavy (non-hydrogen) atoms. The molecule has 0 aromatic heterocycles. The van der Waals surface area contributed by atoms with E-state index in [9.17, 15) is 19.5 Å². The molecule has 2 aliphatic heterocycles. The molecule has 1 fully saturated rings. The van der Waals surface area contributed by atoms with Crippen LogP contribution in [0.1, 0.15) is 32.3 Å². The van der Waals surface area contributed by atoms with Crippen LogP contribution in [-0.4, -0.2) is 64.5 Å². The quantitative estimate of drug-likeness (QED) is 0.428. The Kier molecular flexibility index (Phi) is 7.83. The number of nitrogens with one attached hydrogen (secondary N) is 2. The fourth-order valence-electron chi connectivity index (χ4n) is 4.41. The largest absolute Gasteiger partial charge is 0.508 e. The summed E-state index contributed by atoms with van der Waals surface area (Å²) in [5.41, 5.74) is 1.72. The number of carbonyl (C=O) groups excluding carboxylic acids is 3. The van der Waals surface area contributed by atoms with Gasteiger partial charge < -0.3 is 25.4 Å². The van der Waals surface area contributed by atoms with Crippen molar-refractivity contribution in [3.8, 4) is 5.75 Å². The Labute approximate surface area is 218 Å². The van der Waals surface area contributed by atoms with E-state index in [0.717, 1.165) is 4.47 Å². The highest BCUT2D eigenvalue weighted by molar-refractivity contribution is 9.10. The molecule has 2 heterocycles. The molecule has 9 nitrogen and oxygen atoms in total. The fraction of sp³-hybridized carbons (Fsp3) is 0.346. The van der Waals surface area contributed by atoms with Crippen molar-refractivity contribution in [3.63, 3.8) is 0 Å². The minimum atomic E-state index is -0.744. The van der Waals surface area contributed by atoms with Crippen molar-refractivity contribution in [2.75, 3.05) is 25.0 Å². The normalized spacial score (nSPS) is 19.3. The van der Waals surface area contributed by atoms with Crippen molar-refractivity contribution in [1.29, 1.82) is 0 Å². The number of fused-ring (bicyclic) bond motifs is 1. The van der Waals surface area contributed by atoms with Crippen molar-refractivity contribution < 1.29 is 24.2 Å². The maximum Gasteiger partial charge on any atom is 0.327 e. The summed E-state index contributed by atoms with van der Waals surface area (Å²) < 4.78 is 6.51. The summed E-state index contributed by atoms with van der Waals surface area (Å²) in [7, 11) is 0. The first-order valence-electron chi connectivity index (χ1n) is 11.9. The molecule has 2 unspecified atom stereocenters. The van der Waals surface area contributed by atoms with Crippen LogP contribution in [0.3, 0.4) is 0 Å². The van der Waals surface area contributed by atoms with Gasteiger partial charge in [0, 0.05) is 28.8 Å². The van der Waals surface area contributed by atoms with Crippen molar-refractivity contribution in [2.24, 2.45) is 0 Å². The minimum absolute atomic E-state index is 0.0335. The van der Waals surface area contributed by atoms with Gasteiger partial charge in [0.05, 0.1) is 5.70 Å². The van der Waals surface area contributed by atoms with Gasteiger partial charge in [-0.25, -0.2) is 4.79 Å². The van der Waals surface area contributed by atoms with Crippen molar-refractivity contribution in [2.45, 2.75) is 38.8 Å². The van der Waals surface area contributed by atoms with Gasteiger partial charge in [0.15, 0.2) is 6.61 Å². The van der Waals surface area contributed by atoms with E-state index in [1.54, 1.807) is 41.3 Å². The van der Waals surface area contributed by atoms with E-state index in [4.69, 9.17) is 4.74 Å². The second-order valence-corrected chi connectivity index (χ2v) is 9.58. The lowest BCUT2D eigenvalue weighted by atomic mass is 10.0. The van der Waals surface area contributed by atoms with Crippen LogP contribution in [0.15, 0.2) is 58.8 Å².